The van der Waals surface area contributed by atoms with E-state index >= 15 is 0 Å². The van der Waals surface area contributed by atoms with Crippen molar-refractivity contribution in [2.45, 2.75) is 23.7 Å². The van der Waals surface area contributed by atoms with Crippen molar-refractivity contribution < 1.29 is 18.3 Å². The fourth-order valence-corrected chi connectivity index (χ4v) is 5.06. The number of sulfone groups is 1. The van der Waals surface area contributed by atoms with E-state index in [0.717, 1.165) is 29.1 Å². The molecule has 0 saturated heterocycles. The van der Waals surface area contributed by atoms with E-state index in [0.29, 0.717) is 19.0 Å². The molecule has 2 rings (SSSR count). The largest absolute Gasteiger partial charge is 0.496 e. The monoisotopic (exact) mass is 425 g/mol. The van der Waals surface area contributed by atoms with Crippen molar-refractivity contribution in [3.63, 3.8) is 0 Å². The van der Waals surface area contributed by atoms with Gasteiger partial charge in [-0.1, -0.05) is 24.3 Å². The zero-order valence-electron chi connectivity index (χ0n) is 16.1. The van der Waals surface area contributed by atoms with Gasteiger partial charge in [0.15, 0.2) is 15.8 Å². The van der Waals surface area contributed by atoms with E-state index in [9.17, 15) is 13.5 Å². The van der Waals surface area contributed by atoms with E-state index < -0.39 is 15.9 Å². The molecule has 28 heavy (non-hydrogen) atoms. The van der Waals surface area contributed by atoms with Gasteiger partial charge in [-0.05, 0) is 36.4 Å². The second-order valence-electron chi connectivity index (χ2n) is 6.08. The molecular formula is C19H27N3O4S2. The number of thiophene rings is 1. The SMILES string of the molecule is CCNC(=NCC(O)CS(=O)(=O)c1cccs1)NCCc1ccccc1OC. The highest BCUT2D eigenvalue weighted by Crippen LogP contribution is 2.18. The van der Waals surface area contributed by atoms with Crippen molar-refractivity contribution in [1.29, 1.82) is 0 Å². The smallest absolute Gasteiger partial charge is 0.191 e. The highest BCUT2D eigenvalue weighted by molar-refractivity contribution is 7.93. The molecule has 0 saturated carbocycles. The maximum absolute atomic E-state index is 12.2. The van der Waals surface area contributed by atoms with Gasteiger partial charge in [0.2, 0.25) is 0 Å². The molecule has 1 heterocycles. The molecule has 0 bridgehead atoms. The maximum atomic E-state index is 12.2. The second-order valence-corrected chi connectivity index (χ2v) is 9.28. The van der Waals surface area contributed by atoms with E-state index in [1.165, 1.54) is 0 Å². The first-order valence-electron chi connectivity index (χ1n) is 9.04. The van der Waals surface area contributed by atoms with Gasteiger partial charge in [-0.3, -0.25) is 4.99 Å². The molecule has 0 radical (unpaired) electrons. The van der Waals surface area contributed by atoms with Gasteiger partial charge in [0, 0.05) is 13.1 Å². The van der Waals surface area contributed by atoms with E-state index in [1.807, 2.05) is 31.2 Å². The molecule has 1 atom stereocenters. The zero-order valence-corrected chi connectivity index (χ0v) is 17.7. The molecule has 0 amide bonds. The summed E-state index contributed by atoms with van der Waals surface area (Å²) in [5.74, 6) is 1.02. The molecule has 1 aromatic carbocycles. The van der Waals surface area contributed by atoms with Crippen molar-refractivity contribution in [3.8, 4) is 5.75 Å². The lowest BCUT2D eigenvalue weighted by Gasteiger charge is -2.14. The lowest BCUT2D eigenvalue weighted by Crippen LogP contribution is -2.39. The molecule has 7 nitrogen and oxygen atoms in total. The van der Waals surface area contributed by atoms with Crippen molar-refractivity contribution >= 4 is 27.1 Å². The van der Waals surface area contributed by atoms with Gasteiger partial charge in [-0.2, -0.15) is 0 Å². The summed E-state index contributed by atoms with van der Waals surface area (Å²) in [7, 11) is -1.85. The summed E-state index contributed by atoms with van der Waals surface area (Å²) in [6.07, 6.45) is -0.333. The first-order valence-corrected chi connectivity index (χ1v) is 11.6. The van der Waals surface area contributed by atoms with E-state index in [4.69, 9.17) is 4.74 Å². The number of nitrogens with one attached hydrogen (secondary N) is 2. The fraction of sp³-hybridized carbons (Fsp3) is 0.421. The average Bonchev–Trinajstić information content (AvgIpc) is 3.22. The zero-order chi connectivity index (χ0) is 20.4. The molecule has 0 aliphatic carbocycles. The number of methoxy groups -OCH3 is 1. The fourth-order valence-electron chi connectivity index (χ4n) is 2.59. The first-order chi connectivity index (χ1) is 13.5. The van der Waals surface area contributed by atoms with Gasteiger partial charge in [0.1, 0.15) is 9.96 Å². The normalized spacial score (nSPS) is 13.2. The van der Waals surface area contributed by atoms with E-state index in [2.05, 4.69) is 15.6 Å². The second kappa shape index (κ2) is 11.0. The number of para-hydroxylation sites is 1. The highest BCUT2D eigenvalue weighted by atomic mass is 32.2. The van der Waals surface area contributed by atoms with E-state index in [-0.39, 0.29) is 16.5 Å². The summed E-state index contributed by atoms with van der Waals surface area (Å²) in [6.45, 7) is 3.21. The molecule has 1 unspecified atom stereocenters. The molecular weight excluding hydrogens is 398 g/mol. The van der Waals surface area contributed by atoms with Crippen LogP contribution in [0.15, 0.2) is 51.0 Å². The third-order valence-corrected chi connectivity index (χ3v) is 7.18. The Balaban J connectivity index is 1.89. The van der Waals surface area contributed by atoms with Crippen LogP contribution in [0.25, 0.3) is 0 Å². The third-order valence-electron chi connectivity index (χ3n) is 3.90. The summed E-state index contributed by atoms with van der Waals surface area (Å²) in [5.41, 5.74) is 1.08. The molecule has 0 fully saturated rings. The Labute approximate surface area is 170 Å². The van der Waals surface area contributed by atoms with E-state index in [1.54, 1.807) is 24.6 Å². The summed E-state index contributed by atoms with van der Waals surface area (Å²) < 4.78 is 30.0. The number of benzene rings is 1. The van der Waals surface area contributed by atoms with Gasteiger partial charge >= 0.3 is 0 Å². The molecule has 9 heteroatoms. The standard InChI is InChI=1S/C19H27N3O4S2/c1-3-20-19(21-11-10-15-7-4-5-8-17(15)26-2)22-13-16(23)14-28(24,25)18-9-6-12-27-18/h4-9,12,16,23H,3,10-11,13-14H2,1-2H3,(H2,20,21,22). The Morgan fingerprint density at radius 3 is 2.71 bits per heavy atom. The van der Waals surface area contributed by atoms with Crippen molar-refractivity contribution in [2.24, 2.45) is 4.99 Å². The number of rotatable bonds is 10. The summed E-state index contributed by atoms with van der Waals surface area (Å²) >= 11 is 1.15. The Kier molecular flexibility index (Phi) is 8.75. The number of guanidine groups is 1. The Morgan fingerprint density at radius 1 is 1.25 bits per heavy atom. The lowest BCUT2D eigenvalue weighted by molar-refractivity contribution is 0.206. The Hall–Kier alpha value is -2.10. The summed E-state index contributed by atoms with van der Waals surface area (Å²) in [4.78, 5) is 4.30. The lowest BCUT2D eigenvalue weighted by atomic mass is 10.1. The minimum absolute atomic E-state index is 0.00536. The van der Waals surface area contributed by atoms with Crippen LogP contribution in [0, 0.1) is 0 Å². The number of hydrogen-bond donors (Lipinski definition) is 3. The number of aliphatic hydroxyl groups is 1. The van der Waals surface area contributed by atoms with Crippen LogP contribution in [-0.2, 0) is 16.3 Å². The molecule has 0 aliphatic heterocycles. The molecule has 2 aromatic rings. The summed E-state index contributed by atoms with van der Waals surface area (Å²) in [5, 5.41) is 18.1. The van der Waals surface area contributed by atoms with Crippen molar-refractivity contribution in [2.75, 3.05) is 32.5 Å². The molecule has 3 N–H and O–H groups in total. The predicted molar refractivity (Wildman–Crippen MR) is 113 cm³/mol. The Bertz CT molecular complexity index is 852. The van der Waals surface area contributed by atoms with Gasteiger partial charge in [0.05, 0.1) is 25.5 Å². The van der Waals surface area contributed by atoms with Crippen molar-refractivity contribution in [1.82, 2.24) is 10.6 Å². The van der Waals surface area contributed by atoms with Crippen LogP contribution in [0.5, 0.6) is 5.75 Å². The maximum Gasteiger partial charge on any atom is 0.191 e. The number of ether oxygens (including phenoxy) is 1. The highest BCUT2D eigenvalue weighted by Gasteiger charge is 2.20. The minimum Gasteiger partial charge on any atom is -0.496 e. The number of hydrogen-bond acceptors (Lipinski definition) is 6. The quantitative estimate of drug-likeness (QED) is 0.396. The van der Waals surface area contributed by atoms with Crippen LogP contribution in [-0.4, -0.2) is 58.1 Å². The average molecular weight is 426 g/mol. The summed E-state index contributed by atoms with van der Waals surface area (Å²) in [6, 6.07) is 11.0. The number of nitrogens with zero attached hydrogens (tertiary/aromatic N) is 1. The van der Waals surface area contributed by atoms with Crippen LogP contribution < -0.4 is 15.4 Å². The first kappa shape index (κ1) is 22.2. The molecule has 0 aliphatic rings. The molecule has 1 aromatic heterocycles. The third kappa shape index (κ3) is 6.81. The van der Waals surface area contributed by atoms with Crippen LogP contribution in [0.2, 0.25) is 0 Å². The molecule has 154 valence electrons. The number of aliphatic imine (C=N–C) groups is 1. The minimum atomic E-state index is -3.49. The Morgan fingerprint density at radius 2 is 2.04 bits per heavy atom. The number of aliphatic hydroxyl groups excluding tert-OH is 1. The van der Waals surface area contributed by atoms with Crippen molar-refractivity contribution in [3.05, 3.63) is 47.3 Å². The molecule has 0 spiro atoms. The van der Waals surface area contributed by atoms with Gasteiger partial charge < -0.3 is 20.5 Å². The van der Waals surface area contributed by atoms with Gasteiger partial charge in [0.25, 0.3) is 0 Å². The topological polar surface area (TPSA) is 100 Å². The van der Waals surface area contributed by atoms with Crippen LogP contribution in [0.3, 0.4) is 0 Å². The van der Waals surface area contributed by atoms with Gasteiger partial charge in [-0.15, -0.1) is 11.3 Å². The van der Waals surface area contributed by atoms with Crippen LogP contribution >= 0.6 is 11.3 Å². The van der Waals surface area contributed by atoms with Crippen LogP contribution in [0.4, 0.5) is 0 Å². The van der Waals surface area contributed by atoms with Crippen LogP contribution in [0.1, 0.15) is 12.5 Å². The predicted octanol–water partition coefficient (Wildman–Crippen LogP) is 1.69. The van der Waals surface area contributed by atoms with Gasteiger partial charge in [-0.25, -0.2) is 8.42 Å².